The Hall–Kier alpha value is -2.62. The molecular weight excluding hydrogens is 318 g/mol. The van der Waals surface area contributed by atoms with Crippen molar-refractivity contribution in [2.75, 3.05) is 5.32 Å². The Labute approximate surface area is 138 Å². The van der Waals surface area contributed by atoms with Crippen molar-refractivity contribution in [2.45, 2.75) is 32.9 Å². The maximum absolute atomic E-state index is 12.9. The van der Waals surface area contributed by atoms with E-state index in [0.717, 1.165) is 0 Å². The van der Waals surface area contributed by atoms with Crippen molar-refractivity contribution in [3.05, 3.63) is 23.8 Å². The number of hydrogen-bond donors (Lipinski definition) is 2. The molecule has 2 unspecified atom stereocenters. The molecule has 0 aromatic heterocycles. The van der Waals surface area contributed by atoms with Gasteiger partial charge in [-0.2, -0.15) is 8.78 Å². The first-order chi connectivity index (χ1) is 11.2. The van der Waals surface area contributed by atoms with Crippen LogP contribution in [0.5, 0.6) is 5.75 Å². The Morgan fingerprint density at radius 3 is 2.71 bits per heavy atom. The van der Waals surface area contributed by atoms with Gasteiger partial charge in [0, 0.05) is 29.1 Å². The second kappa shape index (κ2) is 6.48. The maximum atomic E-state index is 12.9. The number of nitrogens with two attached hydrogens (primary N) is 1. The van der Waals surface area contributed by atoms with E-state index in [4.69, 9.17) is 12.2 Å². The van der Waals surface area contributed by atoms with Gasteiger partial charge in [-0.3, -0.25) is 9.59 Å². The monoisotopic (exact) mass is 336 g/mol. The highest BCUT2D eigenvalue weighted by molar-refractivity contribution is 6.06. The number of carbonyl (C=O) groups is 2. The summed E-state index contributed by atoms with van der Waals surface area (Å²) in [6, 6.07) is 3.45. The van der Waals surface area contributed by atoms with Crippen LogP contribution < -0.4 is 15.8 Å². The van der Waals surface area contributed by atoms with Gasteiger partial charge in [-0.05, 0) is 32.0 Å². The standard InChI is InChI=1S/C17H18F2N2O3/c1-4-17(2,3)14-12(8-13(20)22)21-11-6-5-9(24-16(18)19)7-10(11)15(14)23/h1,5-7,12,14,16,21H,8H2,2-3H3,(H2,20,22). The number of benzene rings is 1. The lowest BCUT2D eigenvalue weighted by molar-refractivity contribution is -0.118. The summed E-state index contributed by atoms with van der Waals surface area (Å²) in [4.78, 5) is 24.3. The fourth-order valence-corrected chi connectivity index (χ4v) is 2.97. The zero-order valence-electron chi connectivity index (χ0n) is 13.3. The molecule has 0 spiro atoms. The van der Waals surface area contributed by atoms with E-state index in [1.54, 1.807) is 13.8 Å². The topological polar surface area (TPSA) is 81.4 Å². The maximum Gasteiger partial charge on any atom is 0.387 e. The zero-order valence-corrected chi connectivity index (χ0v) is 13.3. The molecule has 1 aliphatic rings. The van der Waals surface area contributed by atoms with Crippen molar-refractivity contribution in [1.29, 1.82) is 0 Å². The van der Waals surface area contributed by atoms with Crippen molar-refractivity contribution in [1.82, 2.24) is 0 Å². The largest absolute Gasteiger partial charge is 0.435 e. The number of rotatable bonds is 5. The van der Waals surface area contributed by atoms with E-state index in [2.05, 4.69) is 16.0 Å². The molecule has 0 saturated heterocycles. The molecule has 0 fully saturated rings. The fraction of sp³-hybridized carbons (Fsp3) is 0.412. The molecule has 2 atom stereocenters. The summed E-state index contributed by atoms with van der Waals surface area (Å²) >= 11 is 0. The van der Waals surface area contributed by atoms with Crippen molar-refractivity contribution in [2.24, 2.45) is 17.1 Å². The summed E-state index contributed by atoms with van der Waals surface area (Å²) in [5, 5.41) is 3.07. The minimum Gasteiger partial charge on any atom is -0.435 e. The normalized spacial score (nSPS) is 20.1. The van der Waals surface area contributed by atoms with Gasteiger partial charge in [0.1, 0.15) is 5.75 Å². The molecule has 128 valence electrons. The number of alkyl halides is 2. The van der Waals surface area contributed by atoms with Gasteiger partial charge < -0.3 is 15.8 Å². The lowest BCUT2D eigenvalue weighted by Gasteiger charge is -2.39. The minimum atomic E-state index is -2.99. The van der Waals surface area contributed by atoms with Gasteiger partial charge in [-0.25, -0.2) is 0 Å². The molecule has 0 aliphatic carbocycles. The molecule has 1 aliphatic heterocycles. The SMILES string of the molecule is C#CC(C)(C)C1C(=O)c2cc(OC(F)F)ccc2NC1CC(N)=O. The van der Waals surface area contributed by atoms with Crippen molar-refractivity contribution >= 4 is 17.4 Å². The van der Waals surface area contributed by atoms with E-state index < -0.39 is 29.9 Å². The first kappa shape index (κ1) is 17.7. The molecule has 7 heteroatoms. The van der Waals surface area contributed by atoms with Crippen LogP contribution in [0.3, 0.4) is 0 Å². The summed E-state index contributed by atoms with van der Waals surface area (Å²) in [7, 11) is 0. The van der Waals surface area contributed by atoms with Gasteiger partial charge in [0.05, 0.1) is 5.92 Å². The molecule has 5 nitrogen and oxygen atoms in total. The van der Waals surface area contributed by atoms with Crippen molar-refractivity contribution in [3.63, 3.8) is 0 Å². The first-order valence-electron chi connectivity index (χ1n) is 7.31. The van der Waals surface area contributed by atoms with E-state index in [9.17, 15) is 18.4 Å². The van der Waals surface area contributed by atoms with Crippen molar-refractivity contribution < 1.29 is 23.1 Å². The number of primary amides is 1. The Balaban J connectivity index is 2.47. The predicted octanol–water partition coefficient (Wildman–Crippen LogP) is 2.42. The molecule has 0 radical (unpaired) electrons. The van der Waals surface area contributed by atoms with Crippen LogP contribution in [0.15, 0.2) is 18.2 Å². The Bertz CT molecular complexity index is 710. The summed E-state index contributed by atoms with van der Waals surface area (Å²) in [6.07, 6.45) is 5.46. The quantitative estimate of drug-likeness (QED) is 0.809. The summed E-state index contributed by atoms with van der Waals surface area (Å²) in [5.41, 5.74) is 5.03. The number of anilines is 1. The number of Topliss-reactive ketones (excluding diaryl/α,β-unsaturated/α-hetero) is 1. The summed E-state index contributed by atoms with van der Waals surface area (Å²) in [5.74, 6) is 0.800. The molecule has 1 aromatic carbocycles. The van der Waals surface area contributed by atoms with Gasteiger partial charge >= 0.3 is 6.61 Å². The summed E-state index contributed by atoms with van der Waals surface area (Å²) < 4.78 is 29.1. The first-order valence-corrected chi connectivity index (χ1v) is 7.31. The average molecular weight is 336 g/mol. The molecule has 1 amide bonds. The Kier molecular flexibility index (Phi) is 4.78. The van der Waals surface area contributed by atoms with E-state index in [1.165, 1.54) is 18.2 Å². The second-order valence-electron chi connectivity index (χ2n) is 6.22. The van der Waals surface area contributed by atoms with Gasteiger partial charge in [-0.1, -0.05) is 5.92 Å². The smallest absolute Gasteiger partial charge is 0.387 e. The van der Waals surface area contributed by atoms with E-state index >= 15 is 0 Å². The van der Waals surface area contributed by atoms with Gasteiger partial charge in [0.15, 0.2) is 5.78 Å². The van der Waals surface area contributed by atoms with Crippen LogP contribution in [0.2, 0.25) is 0 Å². The summed E-state index contributed by atoms with van der Waals surface area (Å²) in [6.45, 7) is 0.418. The van der Waals surface area contributed by atoms with Crippen LogP contribution >= 0.6 is 0 Å². The van der Waals surface area contributed by atoms with E-state index in [-0.39, 0.29) is 23.5 Å². The molecule has 0 bridgehead atoms. The lowest BCUT2D eigenvalue weighted by Crippen LogP contribution is -2.48. The number of terminal acetylenes is 1. The third kappa shape index (κ3) is 3.48. The van der Waals surface area contributed by atoms with Gasteiger partial charge in [0.2, 0.25) is 5.91 Å². The van der Waals surface area contributed by atoms with Crippen molar-refractivity contribution in [3.8, 4) is 18.1 Å². The number of ketones is 1. The number of amides is 1. The molecule has 2 rings (SSSR count). The molecule has 24 heavy (non-hydrogen) atoms. The predicted molar refractivity (Wildman–Crippen MR) is 84.7 cm³/mol. The van der Waals surface area contributed by atoms with E-state index in [1.807, 2.05) is 0 Å². The van der Waals surface area contributed by atoms with E-state index in [0.29, 0.717) is 5.69 Å². The Morgan fingerprint density at radius 1 is 1.50 bits per heavy atom. The number of halogens is 2. The molecule has 3 N–H and O–H groups in total. The zero-order chi connectivity index (χ0) is 18.1. The third-order valence-electron chi connectivity index (χ3n) is 4.08. The third-order valence-corrected chi connectivity index (χ3v) is 4.08. The average Bonchev–Trinajstić information content (AvgIpc) is 2.46. The highest BCUT2D eigenvalue weighted by Gasteiger charge is 2.44. The number of ether oxygens (including phenoxy) is 1. The van der Waals surface area contributed by atoms with Gasteiger partial charge in [-0.15, -0.1) is 6.42 Å². The molecule has 1 heterocycles. The van der Waals surface area contributed by atoms with Crippen LogP contribution in [0, 0.1) is 23.7 Å². The fourth-order valence-electron chi connectivity index (χ4n) is 2.97. The highest BCUT2D eigenvalue weighted by atomic mass is 19.3. The lowest BCUT2D eigenvalue weighted by atomic mass is 9.68. The van der Waals surface area contributed by atoms with Crippen LogP contribution in [0.1, 0.15) is 30.6 Å². The Morgan fingerprint density at radius 2 is 2.17 bits per heavy atom. The number of carbonyl (C=O) groups excluding carboxylic acids is 2. The van der Waals surface area contributed by atoms with Gasteiger partial charge in [0.25, 0.3) is 0 Å². The highest BCUT2D eigenvalue weighted by Crippen LogP contribution is 2.40. The molecular formula is C17H18F2N2O3. The number of hydrogen-bond acceptors (Lipinski definition) is 4. The molecule has 1 aromatic rings. The van der Waals surface area contributed by atoms with Crippen LogP contribution in [-0.4, -0.2) is 24.3 Å². The van der Waals surface area contributed by atoms with Crippen LogP contribution in [0.25, 0.3) is 0 Å². The number of nitrogens with one attached hydrogen (secondary N) is 1. The van der Waals surface area contributed by atoms with Crippen LogP contribution in [0.4, 0.5) is 14.5 Å². The minimum absolute atomic E-state index is 0.0732. The van der Waals surface area contributed by atoms with Crippen LogP contribution in [-0.2, 0) is 4.79 Å². The molecule has 0 saturated carbocycles. The number of fused-ring (bicyclic) bond motifs is 1. The second-order valence-corrected chi connectivity index (χ2v) is 6.22.